The Balaban J connectivity index is 2.05. The van der Waals surface area contributed by atoms with E-state index in [0.717, 1.165) is 0 Å². The SMILES string of the molecule is CCn1nc(C(=O)Nc2ccc(Cl)cc2)c(=O)c2ccccc21. The Bertz CT molecular complexity index is 933. The second kappa shape index (κ2) is 6.22. The fourth-order valence-electron chi connectivity index (χ4n) is 2.35. The molecule has 0 fully saturated rings. The Hall–Kier alpha value is -2.66. The van der Waals surface area contributed by atoms with Crippen LogP contribution in [0.1, 0.15) is 17.4 Å². The number of carbonyl (C=O) groups is 1. The second-order valence-electron chi connectivity index (χ2n) is 4.97. The van der Waals surface area contributed by atoms with Crippen molar-refractivity contribution in [2.45, 2.75) is 13.5 Å². The summed E-state index contributed by atoms with van der Waals surface area (Å²) in [6.45, 7) is 2.47. The first-order chi connectivity index (χ1) is 11.1. The highest BCUT2D eigenvalue weighted by atomic mass is 35.5. The number of carbonyl (C=O) groups excluding carboxylic acids is 1. The number of hydrogen-bond acceptors (Lipinski definition) is 3. The Morgan fingerprint density at radius 1 is 1.17 bits per heavy atom. The van der Waals surface area contributed by atoms with Gasteiger partial charge in [-0.15, -0.1) is 0 Å². The number of aromatic nitrogens is 2. The highest BCUT2D eigenvalue weighted by molar-refractivity contribution is 6.30. The number of para-hydroxylation sites is 1. The molecule has 3 rings (SSSR count). The molecule has 1 heterocycles. The second-order valence-corrected chi connectivity index (χ2v) is 5.41. The van der Waals surface area contributed by atoms with E-state index in [4.69, 9.17) is 11.6 Å². The highest BCUT2D eigenvalue weighted by Crippen LogP contribution is 2.14. The lowest BCUT2D eigenvalue weighted by Gasteiger charge is -2.10. The van der Waals surface area contributed by atoms with Crippen LogP contribution in [0.4, 0.5) is 5.69 Å². The molecule has 0 saturated heterocycles. The number of amides is 1. The molecule has 1 N–H and O–H groups in total. The van der Waals surface area contributed by atoms with E-state index >= 15 is 0 Å². The van der Waals surface area contributed by atoms with Gasteiger partial charge in [-0.25, -0.2) is 0 Å². The lowest BCUT2D eigenvalue weighted by molar-refractivity contribution is 0.101. The monoisotopic (exact) mass is 327 g/mol. The zero-order valence-corrected chi connectivity index (χ0v) is 13.2. The van der Waals surface area contributed by atoms with Crippen molar-refractivity contribution in [3.8, 4) is 0 Å². The minimum absolute atomic E-state index is 0.125. The number of hydrogen-bond donors (Lipinski definition) is 1. The van der Waals surface area contributed by atoms with Crippen LogP contribution in [0.25, 0.3) is 10.9 Å². The number of nitrogens with zero attached hydrogens (tertiary/aromatic N) is 2. The van der Waals surface area contributed by atoms with E-state index in [1.54, 1.807) is 41.1 Å². The minimum Gasteiger partial charge on any atom is -0.320 e. The predicted octanol–water partition coefficient (Wildman–Crippen LogP) is 3.32. The molecule has 1 aromatic heterocycles. The summed E-state index contributed by atoms with van der Waals surface area (Å²) in [5.41, 5.74) is 0.761. The van der Waals surface area contributed by atoms with E-state index in [-0.39, 0.29) is 11.1 Å². The van der Waals surface area contributed by atoms with E-state index in [9.17, 15) is 9.59 Å². The average molecular weight is 328 g/mol. The standard InChI is InChI=1S/C17H14ClN3O2/c1-2-21-14-6-4-3-5-13(14)16(22)15(20-21)17(23)19-12-9-7-11(18)8-10-12/h3-10H,2H2,1H3,(H,19,23). The van der Waals surface area contributed by atoms with Gasteiger partial charge in [0.2, 0.25) is 5.43 Å². The Kier molecular flexibility index (Phi) is 4.12. The molecule has 0 bridgehead atoms. The highest BCUT2D eigenvalue weighted by Gasteiger charge is 2.17. The molecule has 0 aliphatic carbocycles. The molecule has 0 aliphatic rings. The van der Waals surface area contributed by atoms with Crippen LogP contribution in [0.3, 0.4) is 0 Å². The molecule has 0 aliphatic heterocycles. The maximum atomic E-state index is 12.5. The number of rotatable bonds is 3. The summed E-state index contributed by atoms with van der Waals surface area (Å²) in [6, 6.07) is 13.8. The summed E-state index contributed by atoms with van der Waals surface area (Å²) in [4.78, 5) is 24.9. The van der Waals surface area contributed by atoms with Crippen LogP contribution < -0.4 is 10.7 Å². The van der Waals surface area contributed by atoms with Crippen molar-refractivity contribution in [3.05, 3.63) is 69.5 Å². The zero-order chi connectivity index (χ0) is 16.4. The van der Waals surface area contributed by atoms with Gasteiger partial charge in [0.05, 0.1) is 5.52 Å². The van der Waals surface area contributed by atoms with Crippen LogP contribution in [0.15, 0.2) is 53.3 Å². The summed E-state index contributed by atoms with van der Waals surface area (Å²) in [5.74, 6) is -0.537. The molecule has 2 aromatic carbocycles. The number of fused-ring (bicyclic) bond motifs is 1. The van der Waals surface area contributed by atoms with Crippen molar-refractivity contribution in [2.75, 3.05) is 5.32 Å². The Morgan fingerprint density at radius 2 is 1.87 bits per heavy atom. The van der Waals surface area contributed by atoms with Gasteiger partial charge in [0.25, 0.3) is 5.91 Å². The van der Waals surface area contributed by atoms with Crippen molar-refractivity contribution in [3.63, 3.8) is 0 Å². The normalized spacial score (nSPS) is 10.7. The van der Waals surface area contributed by atoms with Gasteiger partial charge in [-0.05, 0) is 43.3 Å². The molecule has 1 amide bonds. The quantitative estimate of drug-likeness (QED) is 0.802. The van der Waals surface area contributed by atoms with Gasteiger partial charge in [-0.3, -0.25) is 14.3 Å². The first kappa shape index (κ1) is 15.2. The van der Waals surface area contributed by atoms with Crippen molar-refractivity contribution in [1.82, 2.24) is 9.78 Å². The van der Waals surface area contributed by atoms with Crippen LogP contribution in [-0.4, -0.2) is 15.7 Å². The summed E-state index contributed by atoms with van der Waals surface area (Å²) in [5, 5.41) is 7.91. The molecule has 0 unspecified atom stereocenters. The third-order valence-electron chi connectivity index (χ3n) is 3.48. The van der Waals surface area contributed by atoms with E-state index < -0.39 is 5.91 Å². The van der Waals surface area contributed by atoms with Crippen molar-refractivity contribution in [2.24, 2.45) is 0 Å². The molecule has 0 saturated carbocycles. The summed E-state index contributed by atoms with van der Waals surface area (Å²) in [6.07, 6.45) is 0. The third-order valence-corrected chi connectivity index (χ3v) is 3.73. The predicted molar refractivity (Wildman–Crippen MR) is 91.1 cm³/mol. The van der Waals surface area contributed by atoms with Crippen LogP contribution in [-0.2, 0) is 6.54 Å². The first-order valence-corrected chi connectivity index (χ1v) is 7.54. The number of nitrogens with one attached hydrogen (secondary N) is 1. The molecule has 116 valence electrons. The summed E-state index contributed by atoms with van der Waals surface area (Å²) >= 11 is 5.82. The smallest absolute Gasteiger partial charge is 0.280 e. The number of benzene rings is 2. The number of aryl methyl sites for hydroxylation is 1. The molecule has 3 aromatic rings. The Labute approximate surface area is 137 Å². The Morgan fingerprint density at radius 3 is 2.57 bits per heavy atom. The fourth-order valence-corrected chi connectivity index (χ4v) is 2.48. The number of anilines is 1. The summed E-state index contributed by atoms with van der Waals surface area (Å²) in [7, 11) is 0. The molecule has 6 heteroatoms. The van der Waals surface area contributed by atoms with E-state index in [2.05, 4.69) is 10.4 Å². The lowest BCUT2D eigenvalue weighted by atomic mass is 10.2. The van der Waals surface area contributed by atoms with Gasteiger partial charge in [-0.1, -0.05) is 23.7 Å². The molecule has 0 spiro atoms. The van der Waals surface area contributed by atoms with Crippen LogP contribution in [0.2, 0.25) is 5.02 Å². The van der Waals surface area contributed by atoms with Crippen LogP contribution in [0.5, 0.6) is 0 Å². The van der Waals surface area contributed by atoms with Crippen molar-refractivity contribution in [1.29, 1.82) is 0 Å². The van der Waals surface area contributed by atoms with E-state index in [1.807, 2.05) is 19.1 Å². The lowest BCUT2D eigenvalue weighted by Crippen LogP contribution is -2.27. The van der Waals surface area contributed by atoms with Gasteiger partial charge >= 0.3 is 0 Å². The van der Waals surface area contributed by atoms with Crippen molar-refractivity contribution >= 4 is 34.1 Å². The van der Waals surface area contributed by atoms with Crippen molar-refractivity contribution < 1.29 is 4.79 Å². The fraction of sp³-hybridized carbons (Fsp3) is 0.118. The van der Waals surface area contributed by atoms with Gasteiger partial charge in [0, 0.05) is 22.6 Å². The van der Waals surface area contributed by atoms with Crippen LogP contribution in [0, 0.1) is 0 Å². The maximum absolute atomic E-state index is 12.5. The third kappa shape index (κ3) is 2.96. The number of halogens is 1. The molecule has 0 atom stereocenters. The molecule has 5 nitrogen and oxygen atoms in total. The largest absolute Gasteiger partial charge is 0.320 e. The molecule has 23 heavy (non-hydrogen) atoms. The summed E-state index contributed by atoms with van der Waals surface area (Å²) < 4.78 is 1.65. The van der Waals surface area contributed by atoms with Gasteiger partial charge in [-0.2, -0.15) is 5.10 Å². The van der Waals surface area contributed by atoms with E-state index in [0.29, 0.717) is 28.2 Å². The minimum atomic E-state index is -0.537. The van der Waals surface area contributed by atoms with Gasteiger partial charge in [0.1, 0.15) is 0 Å². The van der Waals surface area contributed by atoms with Crippen LogP contribution >= 0.6 is 11.6 Å². The topological polar surface area (TPSA) is 64.0 Å². The molecular weight excluding hydrogens is 314 g/mol. The van der Waals surface area contributed by atoms with Gasteiger partial charge < -0.3 is 5.32 Å². The zero-order valence-electron chi connectivity index (χ0n) is 12.4. The van der Waals surface area contributed by atoms with E-state index in [1.165, 1.54) is 0 Å². The maximum Gasteiger partial charge on any atom is 0.280 e. The first-order valence-electron chi connectivity index (χ1n) is 7.17. The molecule has 0 radical (unpaired) electrons. The van der Waals surface area contributed by atoms with Gasteiger partial charge in [0.15, 0.2) is 5.69 Å². The molecular formula is C17H14ClN3O2. The average Bonchev–Trinajstić information content (AvgIpc) is 2.57.